The first kappa shape index (κ1) is 10.5. The molecule has 0 fully saturated rings. The number of hydrogen-bond donors (Lipinski definition) is 2. The van der Waals surface area contributed by atoms with Gasteiger partial charge in [0, 0.05) is 6.20 Å². The minimum Gasteiger partial charge on any atom is -0.478 e. The molecule has 0 bridgehead atoms. The van der Waals surface area contributed by atoms with Crippen LogP contribution in [-0.4, -0.2) is 27.6 Å². The summed E-state index contributed by atoms with van der Waals surface area (Å²) in [6, 6.07) is 2.16. The van der Waals surface area contributed by atoms with Crippen LogP contribution in [0.1, 0.15) is 22.2 Å². The van der Waals surface area contributed by atoms with Crippen LogP contribution in [0.4, 0.5) is 8.78 Å². The first-order valence-electron chi connectivity index (χ1n) is 3.68. The number of aliphatic hydroxyl groups excluding tert-OH is 1. The molecule has 1 unspecified atom stereocenters. The van der Waals surface area contributed by atoms with E-state index >= 15 is 0 Å². The molecule has 0 saturated heterocycles. The molecule has 6 heteroatoms. The molecule has 0 aromatic carbocycles. The summed E-state index contributed by atoms with van der Waals surface area (Å²) in [6.45, 7) is 0. The second-order valence-electron chi connectivity index (χ2n) is 2.56. The van der Waals surface area contributed by atoms with E-state index in [-0.39, 0.29) is 11.3 Å². The van der Waals surface area contributed by atoms with Crippen molar-refractivity contribution in [2.75, 3.05) is 0 Å². The molecule has 14 heavy (non-hydrogen) atoms. The van der Waals surface area contributed by atoms with E-state index in [9.17, 15) is 13.6 Å². The number of alkyl halides is 2. The fraction of sp³-hybridized carbons (Fsp3) is 0.250. The number of hydrogen-bond acceptors (Lipinski definition) is 3. The summed E-state index contributed by atoms with van der Waals surface area (Å²) in [5.74, 6) is -1.20. The van der Waals surface area contributed by atoms with E-state index in [1.807, 2.05) is 0 Å². The van der Waals surface area contributed by atoms with Gasteiger partial charge in [-0.25, -0.2) is 13.6 Å². The number of carboxylic acids is 1. The second-order valence-corrected chi connectivity index (χ2v) is 2.56. The molecule has 0 spiro atoms. The van der Waals surface area contributed by atoms with Crippen LogP contribution >= 0.6 is 0 Å². The van der Waals surface area contributed by atoms with Gasteiger partial charge in [-0.2, -0.15) is 0 Å². The van der Waals surface area contributed by atoms with Crippen LogP contribution in [0, 0.1) is 0 Å². The van der Waals surface area contributed by atoms with E-state index in [1.54, 1.807) is 0 Å². The van der Waals surface area contributed by atoms with E-state index < -0.39 is 18.5 Å². The van der Waals surface area contributed by atoms with Gasteiger partial charge in [0.25, 0.3) is 6.43 Å². The van der Waals surface area contributed by atoms with E-state index in [1.165, 1.54) is 0 Å². The van der Waals surface area contributed by atoms with Gasteiger partial charge in [0.2, 0.25) is 0 Å². The largest absolute Gasteiger partial charge is 0.478 e. The molecule has 0 aliphatic rings. The van der Waals surface area contributed by atoms with Crippen LogP contribution in [0.25, 0.3) is 0 Å². The molecular formula is C8H7F2NO3. The number of nitrogens with zero attached hydrogens (tertiary/aromatic N) is 1. The predicted octanol–water partition coefficient (Wildman–Crippen LogP) is 1.08. The van der Waals surface area contributed by atoms with E-state index in [0.29, 0.717) is 0 Å². The van der Waals surface area contributed by atoms with Crippen LogP contribution < -0.4 is 0 Å². The molecule has 1 rings (SSSR count). The highest BCUT2D eigenvalue weighted by Gasteiger charge is 2.20. The molecular weight excluding hydrogens is 196 g/mol. The van der Waals surface area contributed by atoms with Crippen LogP contribution in [0.5, 0.6) is 0 Å². The van der Waals surface area contributed by atoms with Crippen LogP contribution in [0.3, 0.4) is 0 Å². The summed E-state index contributed by atoms with van der Waals surface area (Å²) < 4.78 is 23.9. The van der Waals surface area contributed by atoms with Gasteiger partial charge in [-0.3, -0.25) is 4.98 Å². The number of aliphatic hydroxyl groups is 1. The topological polar surface area (TPSA) is 70.4 Å². The monoisotopic (exact) mass is 203 g/mol. The molecule has 1 atom stereocenters. The van der Waals surface area contributed by atoms with Crippen LogP contribution in [-0.2, 0) is 0 Å². The quantitative estimate of drug-likeness (QED) is 0.771. The standard InChI is InChI=1S/C8H7F2NO3/c9-7(10)6(12)5-2-1-4(3-11-5)8(13)14/h1-3,6-7,12H,(H,13,14). The summed E-state index contributed by atoms with van der Waals surface area (Å²) in [6.07, 6.45) is -3.99. The van der Waals surface area contributed by atoms with Crippen molar-refractivity contribution in [2.45, 2.75) is 12.5 Å². The Morgan fingerprint density at radius 3 is 2.43 bits per heavy atom. The first-order valence-corrected chi connectivity index (χ1v) is 3.68. The van der Waals surface area contributed by atoms with Crippen molar-refractivity contribution in [1.82, 2.24) is 4.98 Å². The maximum Gasteiger partial charge on any atom is 0.337 e. The van der Waals surface area contributed by atoms with Gasteiger partial charge >= 0.3 is 5.97 Å². The lowest BCUT2D eigenvalue weighted by Gasteiger charge is -2.07. The van der Waals surface area contributed by atoms with Gasteiger partial charge in [-0.05, 0) is 12.1 Å². The minimum atomic E-state index is -2.93. The maximum atomic E-state index is 12.0. The van der Waals surface area contributed by atoms with Gasteiger partial charge < -0.3 is 10.2 Å². The number of pyridine rings is 1. The van der Waals surface area contributed by atoms with Gasteiger partial charge in [0.05, 0.1) is 11.3 Å². The smallest absolute Gasteiger partial charge is 0.337 e. The highest BCUT2D eigenvalue weighted by Crippen LogP contribution is 2.18. The molecule has 0 amide bonds. The van der Waals surface area contributed by atoms with Crippen molar-refractivity contribution in [3.05, 3.63) is 29.6 Å². The van der Waals surface area contributed by atoms with Crippen LogP contribution in [0.15, 0.2) is 18.3 Å². The highest BCUT2D eigenvalue weighted by atomic mass is 19.3. The normalized spacial score (nSPS) is 12.9. The lowest BCUT2D eigenvalue weighted by atomic mass is 10.2. The number of aromatic nitrogens is 1. The lowest BCUT2D eigenvalue weighted by Crippen LogP contribution is -2.10. The Hall–Kier alpha value is -1.56. The second kappa shape index (κ2) is 4.10. The molecule has 4 nitrogen and oxygen atoms in total. The van der Waals surface area contributed by atoms with E-state index in [2.05, 4.69) is 4.98 Å². The Balaban J connectivity index is 2.88. The highest BCUT2D eigenvalue weighted by molar-refractivity contribution is 5.87. The molecule has 2 N–H and O–H groups in total. The zero-order valence-electron chi connectivity index (χ0n) is 6.89. The minimum absolute atomic E-state index is 0.116. The van der Waals surface area contributed by atoms with Gasteiger partial charge in [0.15, 0.2) is 6.10 Å². The van der Waals surface area contributed by atoms with E-state index in [0.717, 1.165) is 18.3 Å². The number of carbonyl (C=O) groups is 1. The fourth-order valence-electron chi connectivity index (χ4n) is 0.836. The Labute approximate surface area is 77.8 Å². The van der Waals surface area contributed by atoms with Crippen molar-refractivity contribution in [3.63, 3.8) is 0 Å². The van der Waals surface area contributed by atoms with Gasteiger partial charge in [-0.15, -0.1) is 0 Å². The summed E-state index contributed by atoms with van der Waals surface area (Å²) in [5, 5.41) is 17.3. The summed E-state index contributed by atoms with van der Waals surface area (Å²) >= 11 is 0. The average Bonchev–Trinajstić information content (AvgIpc) is 2.16. The molecule has 1 heterocycles. The Morgan fingerprint density at radius 2 is 2.07 bits per heavy atom. The number of rotatable bonds is 3. The molecule has 0 aliphatic heterocycles. The molecule has 1 aromatic rings. The average molecular weight is 203 g/mol. The molecule has 76 valence electrons. The summed E-state index contributed by atoms with van der Waals surface area (Å²) in [5.41, 5.74) is -0.361. The third-order valence-electron chi connectivity index (χ3n) is 1.58. The van der Waals surface area contributed by atoms with Crippen molar-refractivity contribution in [2.24, 2.45) is 0 Å². The summed E-state index contributed by atoms with van der Waals surface area (Å²) in [4.78, 5) is 13.8. The van der Waals surface area contributed by atoms with Gasteiger partial charge in [-0.1, -0.05) is 0 Å². The predicted molar refractivity (Wildman–Crippen MR) is 42.2 cm³/mol. The van der Waals surface area contributed by atoms with Crippen molar-refractivity contribution >= 4 is 5.97 Å². The number of halogens is 2. The van der Waals surface area contributed by atoms with E-state index in [4.69, 9.17) is 10.2 Å². The first-order chi connectivity index (χ1) is 6.52. The Bertz CT molecular complexity index is 326. The third-order valence-corrected chi connectivity index (χ3v) is 1.58. The summed E-state index contributed by atoms with van der Waals surface area (Å²) in [7, 11) is 0. The van der Waals surface area contributed by atoms with Crippen molar-refractivity contribution in [3.8, 4) is 0 Å². The maximum absolute atomic E-state index is 12.0. The van der Waals surface area contributed by atoms with Crippen molar-refractivity contribution in [1.29, 1.82) is 0 Å². The SMILES string of the molecule is O=C(O)c1ccc(C(O)C(F)F)nc1. The molecule has 1 aromatic heterocycles. The van der Waals surface area contributed by atoms with Gasteiger partial charge in [0.1, 0.15) is 0 Å². The third kappa shape index (κ3) is 2.23. The van der Waals surface area contributed by atoms with Crippen molar-refractivity contribution < 1.29 is 23.8 Å². The lowest BCUT2D eigenvalue weighted by molar-refractivity contribution is -0.00821. The molecule has 0 saturated carbocycles. The fourth-order valence-corrected chi connectivity index (χ4v) is 0.836. The molecule has 0 aliphatic carbocycles. The number of aromatic carboxylic acids is 1. The zero-order chi connectivity index (χ0) is 10.7. The van der Waals surface area contributed by atoms with Crippen LogP contribution in [0.2, 0.25) is 0 Å². The Kier molecular flexibility index (Phi) is 3.08. The Morgan fingerprint density at radius 1 is 1.43 bits per heavy atom. The zero-order valence-corrected chi connectivity index (χ0v) is 6.89. The number of carboxylic acid groups (broad SMARTS) is 1. The molecule has 0 radical (unpaired) electrons.